The predicted molar refractivity (Wildman–Crippen MR) is 61.3 cm³/mol. The molecule has 16 heavy (non-hydrogen) atoms. The Balaban J connectivity index is 3.05. The van der Waals surface area contributed by atoms with Crippen LogP contribution in [0.2, 0.25) is 0 Å². The first-order valence-electron chi connectivity index (χ1n) is 4.66. The molecule has 0 radical (unpaired) electrons. The maximum Gasteiger partial charge on any atom is 0.130 e. The minimum atomic E-state index is 0.0506. The molecule has 0 heterocycles. The van der Waals surface area contributed by atoms with Gasteiger partial charge in [0.1, 0.15) is 30.1 Å². The molecule has 0 spiro atoms. The summed E-state index contributed by atoms with van der Waals surface area (Å²) in [5.74, 6) is 0.630. The zero-order valence-corrected chi connectivity index (χ0v) is 8.68. The van der Waals surface area contributed by atoms with E-state index in [0.29, 0.717) is 17.9 Å². The monoisotopic (exact) mass is 210 g/mol. The van der Waals surface area contributed by atoms with E-state index in [-0.39, 0.29) is 5.57 Å². The molecule has 0 aliphatic carbocycles. The maximum atomic E-state index is 8.66. The molecule has 0 bridgehead atoms. The van der Waals surface area contributed by atoms with E-state index in [1.54, 1.807) is 18.2 Å². The molecule has 0 saturated carbocycles. The normalized spacial score (nSPS) is 8.38. The lowest BCUT2D eigenvalue weighted by Crippen LogP contribution is -1.94. The van der Waals surface area contributed by atoms with Crippen molar-refractivity contribution in [2.45, 2.75) is 0 Å². The standard InChI is InChI=1S/C13H10N2O/c1-2-7-16-13-6-4-3-5-12(13)8-11(9-14)10-15/h2-6,8H,1,7H2. The smallest absolute Gasteiger partial charge is 0.130 e. The molecule has 0 N–H and O–H groups in total. The molecule has 1 rings (SSSR count). The minimum Gasteiger partial charge on any atom is -0.489 e. The number of benzene rings is 1. The average molecular weight is 210 g/mol. The van der Waals surface area contributed by atoms with Crippen molar-refractivity contribution >= 4 is 6.08 Å². The Morgan fingerprint density at radius 3 is 2.62 bits per heavy atom. The molecule has 1 aromatic rings. The first-order chi connectivity index (χ1) is 7.81. The van der Waals surface area contributed by atoms with Crippen LogP contribution in [0.4, 0.5) is 0 Å². The van der Waals surface area contributed by atoms with Crippen LogP contribution in [0.15, 0.2) is 42.5 Å². The van der Waals surface area contributed by atoms with E-state index in [0.717, 1.165) is 0 Å². The molecular weight excluding hydrogens is 200 g/mol. The summed E-state index contributed by atoms with van der Waals surface area (Å²) in [5, 5.41) is 17.3. The van der Waals surface area contributed by atoms with Gasteiger partial charge in [0.15, 0.2) is 0 Å². The number of para-hydroxylation sites is 1. The second-order valence-electron chi connectivity index (χ2n) is 2.92. The Morgan fingerprint density at radius 2 is 2.00 bits per heavy atom. The van der Waals surface area contributed by atoms with E-state index in [1.165, 1.54) is 6.08 Å². The van der Waals surface area contributed by atoms with E-state index in [1.807, 2.05) is 24.3 Å². The van der Waals surface area contributed by atoms with Gasteiger partial charge in [-0.25, -0.2) is 0 Å². The van der Waals surface area contributed by atoms with Crippen LogP contribution in [-0.4, -0.2) is 6.61 Å². The molecule has 3 heteroatoms. The molecule has 0 saturated heterocycles. The highest BCUT2D eigenvalue weighted by atomic mass is 16.5. The summed E-state index contributed by atoms with van der Waals surface area (Å²) >= 11 is 0. The predicted octanol–water partition coefficient (Wildman–Crippen LogP) is 2.68. The van der Waals surface area contributed by atoms with Gasteiger partial charge in [-0.2, -0.15) is 10.5 Å². The molecule has 0 unspecified atom stereocenters. The van der Waals surface area contributed by atoms with E-state index >= 15 is 0 Å². The van der Waals surface area contributed by atoms with Gasteiger partial charge in [0, 0.05) is 5.56 Å². The Hall–Kier alpha value is -2.52. The molecule has 0 fully saturated rings. The van der Waals surface area contributed by atoms with Gasteiger partial charge in [0.2, 0.25) is 0 Å². The third kappa shape index (κ3) is 3.01. The molecule has 0 aliphatic heterocycles. The van der Waals surface area contributed by atoms with Crippen LogP contribution in [-0.2, 0) is 0 Å². The summed E-state index contributed by atoms with van der Waals surface area (Å²) in [7, 11) is 0. The van der Waals surface area contributed by atoms with Crippen molar-refractivity contribution < 1.29 is 4.74 Å². The van der Waals surface area contributed by atoms with Crippen LogP contribution in [0.25, 0.3) is 6.08 Å². The van der Waals surface area contributed by atoms with Gasteiger partial charge >= 0.3 is 0 Å². The van der Waals surface area contributed by atoms with Crippen molar-refractivity contribution in [3.63, 3.8) is 0 Å². The highest BCUT2D eigenvalue weighted by Crippen LogP contribution is 2.20. The lowest BCUT2D eigenvalue weighted by atomic mass is 10.1. The third-order valence-electron chi connectivity index (χ3n) is 1.82. The molecular formula is C13H10N2O. The fraction of sp³-hybridized carbons (Fsp3) is 0.0769. The number of hydrogen-bond donors (Lipinski definition) is 0. The van der Waals surface area contributed by atoms with Crippen molar-refractivity contribution in [1.82, 2.24) is 0 Å². The van der Waals surface area contributed by atoms with Gasteiger partial charge < -0.3 is 4.74 Å². The number of nitrogens with zero attached hydrogens (tertiary/aromatic N) is 2. The molecule has 0 atom stereocenters. The number of ether oxygens (including phenoxy) is 1. The molecule has 0 aliphatic rings. The number of hydrogen-bond acceptors (Lipinski definition) is 3. The van der Waals surface area contributed by atoms with Gasteiger partial charge in [-0.15, -0.1) is 0 Å². The van der Waals surface area contributed by atoms with Crippen molar-refractivity contribution in [1.29, 1.82) is 10.5 Å². The zero-order valence-electron chi connectivity index (χ0n) is 8.68. The summed E-state index contributed by atoms with van der Waals surface area (Å²) in [6.07, 6.45) is 3.13. The SMILES string of the molecule is C=CCOc1ccccc1C=C(C#N)C#N. The summed E-state index contributed by atoms with van der Waals surface area (Å²) in [4.78, 5) is 0. The number of rotatable bonds is 4. The van der Waals surface area contributed by atoms with Crippen molar-refractivity contribution in [2.24, 2.45) is 0 Å². The Morgan fingerprint density at radius 1 is 1.31 bits per heavy atom. The highest BCUT2D eigenvalue weighted by molar-refractivity contribution is 5.66. The van der Waals surface area contributed by atoms with Gasteiger partial charge in [0.25, 0.3) is 0 Å². The van der Waals surface area contributed by atoms with E-state index < -0.39 is 0 Å². The van der Waals surface area contributed by atoms with Crippen LogP contribution in [0, 0.1) is 22.7 Å². The van der Waals surface area contributed by atoms with Crippen LogP contribution < -0.4 is 4.74 Å². The quantitative estimate of drug-likeness (QED) is 0.567. The fourth-order valence-corrected chi connectivity index (χ4v) is 1.12. The van der Waals surface area contributed by atoms with Crippen molar-refractivity contribution in [2.75, 3.05) is 6.61 Å². The van der Waals surface area contributed by atoms with Crippen LogP contribution in [0.5, 0.6) is 5.75 Å². The van der Waals surface area contributed by atoms with Crippen molar-refractivity contribution in [3.8, 4) is 17.9 Å². The van der Waals surface area contributed by atoms with Gasteiger partial charge in [-0.3, -0.25) is 0 Å². The Labute approximate surface area is 94.5 Å². The van der Waals surface area contributed by atoms with E-state index in [9.17, 15) is 0 Å². The first kappa shape index (κ1) is 11.6. The van der Waals surface area contributed by atoms with Crippen LogP contribution in [0.1, 0.15) is 5.56 Å². The zero-order chi connectivity index (χ0) is 11.8. The highest BCUT2D eigenvalue weighted by Gasteiger charge is 2.01. The fourth-order valence-electron chi connectivity index (χ4n) is 1.12. The second-order valence-corrected chi connectivity index (χ2v) is 2.92. The third-order valence-corrected chi connectivity index (χ3v) is 1.82. The van der Waals surface area contributed by atoms with E-state index in [4.69, 9.17) is 15.3 Å². The molecule has 3 nitrogen and oxygen atoms in total. The molecule has 0 aromatic heterocycles. The molecule has 0 amide bonds. The first-order valence-corrected chi connectivity index (χ1v) is 4.66. The molecule has 78 valence electrons. The van der Waals surface area contributed by atoms with Gasteiger partial charge in [-0.05, 0) is 12.1 Å². The Bertz CT molecular complexity index is 473. The van der Waals surface area contributed by atoms with Gasteiger partial charge in [-0.1, -0.05) is 30.9 Å². The maximum absolute atomic E-state index is 8.66. The summed E-state index contributed by atoms with van der Waals surface area (Å²) in [5.41, 5.74) is 0.761. The lowest BCUT2D eigenvalue weighted by Gasteiger charge is -2.06. The Kier molecular flexibility index (Phi) is 4.37. The molecule has 1 aromatic carbocycles. The summed E-state index contributed by atoms with van der Waals surface area (Å²) < 4.78 is 5.39. The summed E-state index contributed by atoms with van der Waals surface area (Å²) in [6, 6.07) is 10.8. The topological polar surface area (TPSA) is 56.8 Å². The second kappa shape index (κ2) is 6.06. The van der Waals surface area contributed by atoms with Crippen molar-refractivity contribution in [3.05, 3.63) is 48.1 Å². The van der Waals surface area contributed by atoms with Gasteiger partial charge in [0.05, 0.1) is 0 Å². The van der Waals surface area contributed by atoms with Crippen LogP contribution >= 0.6 is 0 Å². The number of allylic oxidation sites excluding steroid dienone is 1. The minimum absolute atomic E-state index is 0.0506. The number of nitriles is 2. The van der Waals surface area contributed by atoms with E-state index in [2.05, 4.69) is 6.58 Å². The lowest BCUT2D eigenvalue weighted by molar-refractivity contribution is 0.362. The van der Waals surface area contributed by atoms with Crippen LogP contribution in [0.3, 0.4) is 0 Å². The summed E-state index contributed by atoms with van der Waals surface area (Å²) in [6.45, 7) is 3.94. The average Bonchev–Trinajstić information content (AvgIpc) is 2.34. The largest absolute Gasteiger partial charge is 0.489 e.